The van der Waals surface area contributed by atoms with Crippen molar-refractivity contribution in [2.45, 2.75) is 50.3 Å². The summed E-state index contributed by atoms with van der Waals surface area (Å²) < 4.78 is 22.5. The van der Waals surface area contributed by atoms with E-state index in [9.17, 15) is 9.59 Å². The predicted molar refractivity (Wildman–Crippen MR) is 127 cm³/mol. The summed E-state index contributed by atoms with van der Waals surface area (Å²) in [5, 5.41) is 6.02. The van der Waals surface area contributed by atoms with Crippen molar-refractivity contribution in [1.29, 1.82) is 0 Å². The third-order valence-electron chi connectivity index (χ3n) is 5.58. The monoisotopic (exact) mass is 470 g/mol. The van der Waals surface area contributed by atoms with Gasteiger partial charge in [-0.3, -0.25) is 9.59 Å². The van der Waals surface area contributed by atoms with Gasteiger partial charge in [-0.25, -0.2) is 0 Å². The van der Waals surface area contributed by atoms with E-state index < -0.39 is 12.6 Å². The highest BCUT2D eigenvalue weighted by Crippen LogP contribution is 2.11. The van der Waals surface area contributed by atoms with Gasteiger partial charge in [0, 0.05) is 14.2 Å². The molecule has 2 aromatic carbocycles. The fraction of sp³-hybridized carbons (Fsp3) is 0.462. The molecule has 0 unspecified atom stereocenters. The van der Waals surface area contributed by atoms with Gasteiger partial charge in [-0.2, -0.15) is 0 Å². The molecule has 1 fully saturated rings. The minimum absolute atomic E-state index is 0.0293. The smallest absolute Gasteiger partial charge is 0.225 e. The third-order valence-corrected chi connectivity index (χ3v) is 5.58. The van der Waals surface area contributed by atoms with E-state index in [1.54, 1.807) is 0 Å². The zero-order valence-electron chi connectivity index (χ0n) is 19.8. The van der Waals surface area contributed by atoms with Crippen LogP contribution in [-0.2, 0) is 41.4 Å². The first-order valence-corrected chi connectivity index (χ1v) is 11.5. The van der Waals surface area contributed by atoms with Gasteiger partial charge in [0.05, 0.1) is 38.1 Å². The van der Waals surface area contributed by atoms with Crippen molar-refractivity contribution >= 4 is 11.8 Å². The molecule has 8 nitrogen and oxygen atoms in total. The summed E-state index contributed by atoms with van der Waals surface area (Å²) in [5.41, 5.74) is 2.13. The molecule has 2 amide bonds. The highest BCUT2D eigenvalue weighted by Gasteiger charge is 2.24. The van der Waals surface area contributed by atoms with Gasteiger partial charge in [0.15, 0.2) is 12.6 Å². The van der Waals surface area contributed by atoms with Crippen LogP contribution in [0.25, 0.3) is 0 Å². The first-order chi connectivity index (χ1) is 16.6. The summed E-state index contributed by atoms with van der Waals surface area (Å²) in [6.45, 7) is 0.386. The molecule has 2 aromatic rings. The number of ether oxygens (including phenoxy) is 4. The molecule has 1 saturated heterocycles. The van der Waals surface area contributed by atoms with Crippen molar-refractivity contribution in [3.05, 3.63) is 71.8 Å². The lowest BCUT2D eigenvalue weighted by Gasteiger charge is -2.27. The van der Waals surface area contributed by atoms with Gasteiger partial charge in [0.25, 0.3) is 0 Å². The molecule has 1 aliphatic rings. The van der Waals surface area contributed by atoms with E-state index in [2.05, 4.69) is 10.6 Å². The molecule has 0 radical (unpaired) electrons. The first kappa shape index (κ1) is 25.8. The molecule has 0 aliphatic carbocycles. The first-order valence-electron chi connectivity index (χ1n) is 11.5. The van der Waals surface area contributed by atoms with Crippen molar-refractivity contribution in [3.63, 3.8) is 0 Å². The highest BCUT2D eigenvalue weighted by atomic mass is 16.7. The molecule has 3 rings (SSSR count). The molecule has 184 valence electrons. The third kappa shape index (κ3) is 8.87. The Balaban J connectivity index is 1.72. The zero-order valence-corrected chi connectivity index (χ0v) is 19.8. The molecule has 34 heavy (non-hydrogen) atoms. The van der Waals surface area contributed by atoms with Crippen LogP contribution in [0.4, 0.5) is 0 Å². The van der Waals surface area contributed by atoms with Crippen LogP contribution in [0.15, 0.2) is 60.7 Å². The van der Waals surface area contributed by atoms with Crippen molar-refractivity contribution in [2.75, 3.05) is 27.4 Å². The van der Waals surface area contributed by atoms with Crippen LogP contribution in [-0.4, -0.2) is 63.9 Å². The molecule has 0 bridgehead atoms. The fourth-order valence-corrected chi connectivity index (χ4v) is 3.84. The number of methoxy groups -OCH3 is 2. The normalized spacial score (nSPS) is 25.1. The number of hydrogen-bond acceptors (Lipinski definition) is 6. The molecular weight excluding hydrogens is 436 g/mol. The second kappa shape index (κ2) is 13.8. The van der Waals surface area contributed by atoms with Gasteiger partial charge < -0.3 is 29.6 Å². The molecule has 0 aromatic heterocycles. The summed E-state index contributed by atoms with van der Waals surface area (Å²) in [7, 11) is 3.00. The molecule has 2 N–H and O–H groups in total. The van der Waals surface area contributed by atoms with E-state index in [1.165, 1.54) is 14.2 Å². The van der Waals surface area contributed by atoms with Crippen LogP contribution >= 0.6 is 0 Å². The summed E-state index contributed by atoms with van der Waals surface area (Å²) in [5.74, 6) is -0.405. The van der Waals surface area contributed by atoms with Gasteiger partial charge in [-0.05, 0) is 24.0 Å². The van der Waals surface area contributed by atoms with Crippen LogP contribution in [0.2, 0.25) is 0 Å². The lowest BCUT2D eigenvalue weighted by Crippen LogP contribution is -2.46. The van der Waals surface area contributed by atoms with E-state index in [4.69, 9.17) is 18.9 Å². The van der Waals surface area contributed by atoms with Crippen molar-refractivity contribution in [1.82, 2.24) is 10.6 Å². The molecule has 8 heteroatoms. The van der Waals surface area contributed by atoms with Crippen LogP contribution in [0.1, 0.15) is 24.0 Å². The molecule has 4 atom stereocenters. The second-order valence-electron chi connectivity index (χ2n) is 8.31. The van der Waals surface area contributed by atoms with E-state index in [1.807, 2.05) is 60.7 Å². The van der Waals surface area contributed by atoms with Gasteiger partial charge in [-0.15, -0.1) is 0 Å². The Morgan fingerprint density at radius 1 is 0.706 bits per heavy atom. The number of carbonyl (C=O) groups is 2. The van der Waals surface area contributed by atoms with Gasteiger partial charge in [0.1, 0.15) is 0 Å². The second-order valence-corrected chi connectivity index (χ2v) is 8.31. The van der Waals surface area contributed by atoms with Gasteiger partial charge in [-0.1, -0.05) is 60.7 Å². The Hall–Kier alpha value is -2.78. The number of amides is 2. The zero-order chi connectivity index (χ0) is 24.2. The van der Waals surface area contributed by atoms with E-state index >= 15 is 0 Å². The van der Waals surface area contributed by atoms with Crippen molar-refractivity contribution in [3.8, 4) is 0 Å². The standard InChI is InChI=1S/C26H34N2O6/c1-31-25-15-23(29)27-22(14-20-11-7-4-8-12-20)18-34-26(32-2)16-24(30)28-21(17-33-25)13-19-9-5-3-6-10-19/h3-12,21-22,25-26H,13-18H2,1-2H3,(H,27,29)(H,28,30)/t21-,22-,25-,26-/m0/s1. The Kier molecular flexibility index (Phi) is 10.5. The van der Waals surface area contributed by atoms with Crippen LogP contribution in [0.3, 0.4) is 0 Å². The van der Waals surface area contributed by atoms with E-state index in [0.717, 1.165) is 11.1 Å². The maximum atomic E-state index is 12.8. The maximum Gasteiger partial charge on any atom is 0.225 e. The average Bonchev–Trinajstić information content (AvgIpc) is 2.84. The number of rotatable bonds is 6. The topological polar surface area (TPSA) is 95.1 Å². The van der Waals surface area contributed by atoms with Crippen molar-refractivity contribution < 1.29 is 28.5 Å². The predicted octanol–water partition coefficient (Wildman–Crippen LogP) is 2.21. The average molecular weight is 471 g/mol. The van der Waals surface area contributed by atoms with E-state index in [0.29, 0.717) is 12.8 Å². The summed E-state index contributed by atoms with van der Waals surface area (Å²) in [4.78, 5) is 25.5. The largest absolute Gasteiger partial charge is 0.355 e. The Labute approximate surface area is 200 Å². The fourth-order valence-electron chi connectivity index (χ4n) is 3.84. The Morgan fingerprint density at radius 2 is 1.09 bits per heavy atom. The summed E-state index contributed by atoms with van der Waals surface area (Å²) >= 11 is 0. The van der Waals surface area contributed by atoms with E-state index in [-0.39, 0.29) is 50.0 Å². The van der Waals surface area contributed by atoms with Crippen molar-refractivity contribution in [2.24, 2.45) is 0 Å². The van der Waals surface area contributed by atoms with Crippen LogP contribution < -0.4 is 10.6 Å². The lowest BCUT2D eigenvalue weighted by atomic mass is 10.1. The van der Waals surface area contributed by atoms with Crippen LogP contribution in [0, 0.1) is 0 Å². The quantitative estimate of drug-likeness (QED) is 0.672. The van der Waals surface area contributed by atoms with Crippen LogP contribution in [0.5, 0.6) is 0 Å². The Morgan fingerprint density at radius 3 is 1.44 bits per heavy atom. The lowest BCUT2D eigenvalue weighted by molar-refractivity contribution is -0.160. The minimum Gasteiger partial charge on any atom is -0.355 e. The van der Waals surface area contributed by atoms with Gasteiger partial charge >= 0.3 is 0 Å². The summed E-state index contributed by atoms with van der Waals surface area (Å²) in [6.07, 6.45) is -0.255. The SMILES string of the molecule is CO[C@@H]1CC(=O)N[C@@H](Cc2ccccc2)CO[C@H](OC)CC(=O)N[C@@H](Cc2ccccc2)CO1. The molecule has 1 aliphatic heterocycles. The molecule has 0 saturated carbocycles. The number of nitrogens with one attached hydrogen (secondary N) is 2. The highest BCUT2D eigenvalue weighted by molar-refractivity contribution is 5.77. The summed E-state index contributed by atoms with van der Waals surface area (Å²) in [6, 6.07) is 19.0. The number of carbonyl (C=O) groups excluding carboxylic acids is 2. The number of hydrogen-bond donors (Lipinski definition) is 2. The molecule has 0 spiro atoms. The number of benzene rings is 2. The molecular formula is C26H34N2O6. The Bertz CT molecular complexity index is 806. The minimum atomic E-state index is -0.733. The van der Waals surface area contributed by atoms with Gasteiger partial charge in [0.2, 0.25) is 11.8 Å². The maximum absolute atomic E-state index is 12.8. The molecule has 1 heterocycles.